The van der Waals surface area contributed by atoms with E-state index in [2.05, 4.69) is 13.8 Å². The molecule has 70 valence electrons. The van der Waals surface area contributed by atoms with Gasteiger partial charge in [0.25, 0.3) is 0 Å². The van der Waals surface area contributed by atoms with Gasteiger partial charge in [0.05, 0.1) is 0 Å². The smallest absolute Gasteiger partial charge is 0.156 e. The molecule has 13 heavy (non-hydrogen) atoms. The Morgan fingerprint density at radius 3 is 2.69 bits per heavy atom. The van der Waals surface area contributed by atoms with Crippen molar-refractivity contribution in [3.8, 4) is 0 Å². The van der Waals surface area contributed by atoms with Gasteiger partial charge in [-0.1, -0.05) is 19.4 Å². The Balaban J connectivity index is 2.30. The molecular formula is C11H14O2. The summed E-state index contributed by atoms with van der Waals surface area (Å²) in [4.78, 5) is 22.8. The maximum Gasteiger partial charge on any atom is 0.156 e. The highest BCUT2D eigenvalue weighted by molar-refractivity contribution is 6.01. The van der Waals surface area contributed by atoms with Gasteiger partial charge < -0.3 is 0 Å². The first-order valence-corrected chi connectivity index (χ1v) is 4.74. The van der Waals surface area contributed by atoms with Gasteiger partial charge in [-0.15, -0.1) is 0 Å². The molecule has 0 aliphatic heterocycles. The molecule has 1 saturated carbocycles. The first-order chi connectivity index (χ1) is 5.98. The molecule has 1 fully saturated rings. The number of hydrogen-bond acceptors (Lipinski definition) is 2. The number of hydrogen-bond donors (Lipinski definition) is 0. The lowest BCUT2D eigenvalue weighted by Crippen LogP contribution is -2.30. The zero-order valence-corrected chi connectivity index (χ0v) is 8.09. The van der Waals surface area contributed by atoms with Gasteiger partial charge in [0.1, 0.15) is 5.78 Å². The van der Waals surface area contributed by atoms with Crippen molar-refractivity contribution >= 4 is 11.6 Å². The van der Waals surface area contributed by atoms with Crippen molar-refractivity contribution in [2.24, 2.45) is 11.3 Å². The normalized spacial score (nSPS) is 31.5. The van der Waals surface area contributed by atoms with Crippen molar-refractivity contribution in [1.82, 2.24) is 0 Å². The van der Waals surface area contributed by atoms with Crippen molar-refractivity contribution in [3.05, 3.63) is 11.6 Å². The van der Waals surface area contributed by atoms with Crippen molar-refractivity contribution < 1.29 is 9.59 Å². The molecule has 2 rings (SSSR count). The molecule has 2 aliphatic carbocycles. The number of rotatable bonds is 0. The Bertz CT molecular complexity index is 310. The molecule has 2 heteroatoms. The molecule has 0 saturated heterocycles. The van der Waals surface area contributed by atoms with Crippen LogP contribution < -0.4 is 0 Å². The third kappa shape index (κ3) is 1.45. The van der Waals surface area contributed by atoms with Crippen LogP contribution in [0.2, 0.25) is 0 Å². The third-order valence-corrected chi connectivity index (χ3v) is 2.92. The summed E-state index contributed by atoms with van der Waals surface area (Å²) in [6.45, 7) is 4.18. The summed E-state index contributed by atoms with van der Waals surface area (Å²) in [7, 11) is 0. The zero-order valence-electron chi connectivity index (χ0n) is 8.09. The van der Waals surface area contributed by atoms with Crippen molar-refractivity contribution in [2.75, 3.05) is 0 Å². The Labute approximate surface area is 78.0 Å². The minimum Gasteiger partial charge on any atom is -0.299 e. The van der Waals surface area contributed by atoms with Gasteiger partial charge in [-0.2, -0.15) is 0 Å². The topological polar surface area (TPSA) is 34.1 Å². The SMILES string of the molecule is CC1(C)CC(=O)C2CC(=O)C=C2C1. The quantitative estimate of drug-likeness (QED) is 0.567. The second-order valence-corrected chi connectivity index (χ2v) is 4.93. The molecule has 0 aromatic rings. The highest BCUT2D eigenvalue weighted by Crippen LogP contribution is 2.43. The van der Waals surface area contributed by atoms with Gasteiger partial charge >= 0.3 is 0 Å². The van der Waals surface area contributed by atoms with Gasteiger partial charge in [0.2, 0.25) is 0 Å². The Morgan fingerprint density at radius 2 is 2.00 bits per heavy atom. The van der Waals surface area contributed by atoms with Crippen LogP contribution in [0.1, 0.15) is 33.1 Å². The Morgan fingerprint density at radius 1 is 1.31 bits per heavy atom. The maximum atomic E-state index is 11.6. The van der Waals surface area contributed by atoms with Crippen LogP contribution in [0.5, 0.6) is 0 Å². The van der Waals surface area contributed by atoms with E-state index in [-0.39, 0.29) is 22.9 Å². The van der Waals surface area contributed by atoms with E-state index >= 15 is 0 Å². The average Bonchev–Trinajstić information content (AvgIpc) is 2.27. The van der Waals surface area contributed by atoms with E-state index in [0.717, 1.165) is 12.0 Å². The summed E-state index contributed by atoms with van der Waals surface area (Å²) in [5, 5.41) is 0. The average molecular weight is 178 g/mol. The highest BCUT2D eigenvalue weighted by atomic mass is 16.1. The molecule has 2 aliphatic rings. The number of Topliss-reactive ketones (excluding diaryl/α,β-unsaturated/α-hetero) is 1. The number of ketones is 2. The first kappa shape index (κ1) is 8.67. The van der Waals surface area contributed by atoms with E-state index in [4.69, 9.17) is 0 Å². The second-order valence-electron chi connectivity index (χ2n) is 4.93. The third-order valence-electron chi connectivity index (χ3n) is 2.92. The fourth-order valence-electron chi connectivity index (χ4n) is 2.40. The van der Waals surface area contributed by atoms with E-state index in [0.29, 0.717) is 12.8 Å². The summed E-state index contributed by atoms with van der Waals surface area (Å²) < 4.78 is 0. The van der Waals surface area contributed by atoms with Crippen LogP contribution >= 0.6 is 0 Å². The lowest BCUT2D eigenvalue weighted by atomic mass is 9.70. The van der Waals surface area contributed by atoms with E-state index in [1.54, 1.807) is 6.08 Å². The standard InChI is InChI=1S/C11H14O2/c1-11(2)5-7-3-8(12)4-9(7)10(13)6-11/h3,9H,4-6H2,1-2H3. The zero-order chi connectivity index (χ0) is 9.64. The molecule has 0 aromatic carbocycles. The number of allylic oxidation sites excluding steroid dienone is 2. The van der Waals surface area contributed by atoms with Crippen LogP contribution in [0.15, 0.2) is 11.6 Å². The fourth-order valence-corrected chi connectivity index (χ4v) is 2.40. The van der Waals surface area contributed by atoms with E-state index < -0.39 is 0 Å². The monoisotopic (exact) mass is 178 g/mol. The molecule has 2 nitrogen and oxygen atoms in total. The minimum atomic E-state index is -0.0551. The van der Waals surface area contributed by atoms with Gasteiger partial charge in [-0.05, 0) is 17.9 Å². The number of carbonyl (C=O) groups is 2. The summed E-state index contributed by atoms with van der Waals surface area (Å²) in [6.07, 6.45) is 3.66. The van der Waals surface area contributed by atoms with Crippen LogP contribution in [-0.2, 0) is 9.59 Å². The number of fused-ring (bicyclic) bond motifs is 1. The Hall–Kier alpha value is -0.920. The van der Waals surface area contributed by atoms with Crippen LogP contribution in [-0.4, -0.2) is 11.6 Å². The van der Waals surface area contributed by atoms with Crippen LogP contribution in [0.25, 0.3) is 0 Å². The second kappa shape index (κ2) is 2.53. The molecule has 0 bridgehead atoms. The molecule has 0 aromatic heterocycles. The Kier molecular flexibility index (Phi) is 1.69. The van der Waals surface area contributed by atoms with Crippen LogP contribution in [0.3, 0.4) is 0 Å². The van der Waals surface area contributed by atoms with Gasteiger partial charge in [0.15, 0.2) is 5.78 Å². The summed E-state index contributed by atoms with van der Waals surface area (Å²) in [5.74, 6) is 0.333. The van der Waals surface area contributed by atoms with Gasteiger partial charge in [-0.25, -0.2) is 0 Å². The lowest BCUT2D eigenvalue weighted by molar-refractivity contribution is -0.127. The molecule has 0 radical (unpaired) electrons. The molecular weight excluding hydrogens is 164 g/mol. The fraction of sp³-hybridized carbons (Fsp3) is 0.636. The molecule has 0 N–H and O–H groups in total. The predicted molar refractivity (Wildman–Crippen MR) is 49.2 cm³/mol. The summed E-state index contributed by atoms with van der Waals surface area (Å²) in [6, 6.07) is 0. The van der Waals surface area contributed by atoms with Crippen LogP contribution in [0.4, 0.5) is 0 Å². The molecule has 1 atom stereocenters. The largest absolute Gasteiger partial charge is 0.299 e. The number of carbonyl (C=O) groups excluding carboxylic acids is 2. The molecule has 1 unspecified atom stereocenters. The highest BCUT2D eigenvalue weighted by Gasteiger charge is 2.40. The molecule has 0 heterocycles. The summed E-state index contributed by atoms with van der Waals surface area (Å²) >= 11 is 0. The predicted octanol–water partition coefficient (Wildman–Crippen LogP) is 1.89. The minimum absolute atomic E-state index is 0.0551. The van der Waals surface area contributed by atoms with Crippen LogP contribution in [0, 0.1) is 11.3 Å². The van der Waals surface area contributed by atoms with Gasteiger partial charge in [-0.3, -0.25) is 9.59 Å². The van der Waals surface area contributed by atoms with Crippen molar-refractivity contribution in [3.63, 3.8) is 0 Å². The van der Waals surface area contributed by atoms with E-state index in [1.165, 1.54) is 0 Å². The lowest BCUT2D eigenvalue weighted by Gasteiger charge is -2.32. The maximum absolute atomic E-state index is 11.6. The first-order valence-electron chi connectivity index (χ1n) is 4.74. The van der Waals surface area contributed by atoms with Crippen molar-refractivity contribution in [1.29, 1.82) is 0 Å². The van der Waals surface area contributed by atoms with E-state index in [9.17, 15) is 9.59 Å². The molecule has 0 spiro atoms. The van der Waals surface area contributed by atoms with Gasteiger partial charge in [0, 0.05) is 18.8 Å². The van der Waals surface area contributed by atoms with Crippen molar-refractivity contribution in [2.45, 2.75) is 33.1 Å². The van der Waals surface area contributed by atoms with E-state index in [1.807, 2.05) is 0 Å². The molecule has 0 amide bonds. The summed E-state index contributed by atoms with van der Waals surface area (Å²) in [5.41, 5.74) is 1.13.